The maximum atomic E-state index is 4.68. The van der Waals surface area contributed by atoms with Crippen LogP contribution in [-0.4, -0.2) is 11.5 Å². The second kappa shape index (κ2) is 9.93. The highest BCUT2D eigenvalue weighted by molar-refractivity contribution is 5.25. The monoisotopic (exact) mass is 276 g/mol. The average Bonchev–Trinajstić information content (AvgIpc) is 2.43. The molecule has 1 aromatic rings. The maximum Gasteiger partial charge on any atom is 0.0602 e. The summed E-state index contributed by atoms with van der Waals surface area (Å²) in [6.45, 7) is 9.87. The van der Waals surface area contributed by atoms with Crippen LogP contribution in [0.1, 0.15) is 81.7 Å². The van der Waals surface area contributed by atoms with Crippen LogP contribution in [-0.2, 0) is 0 Å². The fourth-order valence-corrected chi connectivity index (χ4v) is 2.70. The summed E-state index contributed by atoms with van der Waals surface area (Å²) in [7, 11) is 0. The van der Waals surface area contributed by atoms with Gasteiger partial charge >= 0.3 is 0 Å². The van der Waals surface area contributed by atoms with Crippen molar-refractivity contribution in [3.63, 3.8) is 0 Å². The van der Waals surface area contributed by atoms with Crippen molar-refractivity contribution in [3.8, 4) is 0 Å². The third kappa shape index (κ3) is 6.04. The van der Waals surface area contributed by atoms with E-state index in [2.05, 4.69) is 44.1 Å². The van der Waals surface area contributed by atoms with Crippen molar-refractivity contribution in [2.75, 3.05) is 6.54 Å². The van der Waals surface area contributed by atoms with Gasteiger partial charge < -0.3 is 5.32 Å². The lowest BCUT2D eigenvalue weighted by Gasteiger charge is -2.20. The van der Waals surface area contributed by atoms with Gasteiger partial charge in [-0.3, -0.25) is 4.98 Å². The largest absolute Gasteiger partial charge is 0.309 e. The van der Waals surface area contributed by atoms with E-state index in [1.165, 1.54) is 61.8 Å². The summed E-state index contributed by atoms with van der Waals surface area (Å²) in [5.74, 6) is 0. The average molecular weight is 276 g/mol. The van der Waals surface area contributed by atoms with Crippen molar-refractivity contribution in [2.24, 2.45) is 0 Å². The SMILES string of the molecule is CCCCCCCC(NCCC)c1ncc(C)cc1C. The minimum absolute atomic E-state index is 0.428. The van der Waals surface area contributed by atoms with Crippen LogP contribution in [0, 0.1) is 13.8 Å². The summed E-state index contributed by atoms with van der Waals surface area (Å²) in [5, 5.41) is 3.67. The van der Waals surface area contributed by atoms with Crippen LogP contribution in [0.3, 0.4) is 0 Å². The maximum absolute atomic E-state index is 4.68. The summed E-state index contributed by atoms with van der Waals surface area (Å²) in [4.78, 5) is 4.68. The molecule has 0 aliphatic rings. The van der Waals surface area contributed by atoms with Crippen molar-refractivity contribution < 1.29 is 0 Å². The second-order valence-corrected chi connectivity index (χ2v) is 5.92. The van der Waals surface area contributed by atoms with Gasteiger partial charge in [0, 0.05) is 12.2 Å². The predicted octanol–water partition coefficient (Wildman–Crippen LogP) is 5.10. The van der Waals surface area contributed by atoms with Crippen LogP contribution in [0.4, 0.5) is 0 Å². The number of unbranched alkanes of at least 4 members (excludes halogenated alkanes) is 4. The molecule has 1 aromatic heterocycles. The number of aromatic nitrogens is 1. The van der Waals surface area contributed by atoms with Gasteiger partial charge in [0.25, 0.3) is 0 Å². The van der Waals surface area contributed by atoms with Crippen molar-refractivity contribution in [3.05, 3.63) is 29.1 Å². The van der Waals surface area contributed by atoms with Crippen molar-refractivity contribution >= 4 is 0 Å². The summed E-state index contributed by atoms with van der Waals surface area (Å²) in [6.07, 6.45) is 11.1. The van der Waals surface area contributed by atoms with E-state index in [9.17, 15) is 0 Å². The highest BCUT2D eigenvalue weighted by Crippen LogP contribution is 2.22. The van der Waals surface area contributed by atoms with Crippen LogP contribution in [0.5, 0.6) is 0 Å². The number of hydrogen-bond acceptors (Lipinski definition) is 2. The van der Waals surface area contributed by atoms with E-state index in [0.717, 1.165) is 6.54 Å². The van der Waals surface area contributed by atoms with Gasteiger partial charge in [-0.25, -0.2) is 0 Å². The Morgan fingerprint density at radius 1 is 1.05 bits per heavy atom. The van der Waals surface area contributed by atoms with E-state index in [1.54, 1.807) is 0 Å². The fraction of sp³-hybridized carbons (Fsp3) is 0.722. The summed E-state index contributed by atoms with van der Waals surface area (Å²) in [5.41, 5.74) is 3.83. The van der Waals surface area contributed by atoms with Gasteiger partial charge in [0.15, 0.2) is 0 Å². The van der Waals surface area contributed by atoms with E-state index in [-0.39, 0.29) is 0 Å². The first-order valence-electron chi connectivity index (χ1n) is 8.35. The molecule has 1 heterocycles. The number of rotatable bonds is 10. The smallest absolute Gasteiger partial charge is 0.0602 e. The first kappa shape index (κ1) is 17.2. The van der Waals surface area contributed by atoms with Gasteiger partial charge in [-0.05, 0) is 44.4 Å². The van der Waals surface area contributed by atoms with E-state index < -0.39 is 0 Å². The lowest BCUT2D eigenvalue weighted by atomic mass is 10.00. The Hall–Kier alpha value is -0.890. The summed E-state index contributed by atoms with van der Waals surface area (Å²) < 4.78 is 0. The molecule has 0 bridgehead atoms. The van der Waals surface area contributed by atoms with Gasteiger partial charge in [-0.2, -0.15) is 0 Å². The van der Waals surface area contributed by atoms with Gasteiger partial charge in [0.05, 0.1) is 5.69 Å². The van der Waals surface area contributed by atoms with Crippen LogP contribution in [0.2, 0.25) is 0 Å². The molecule has 0 fully saturated rings. The first-order valence-corrected chi connectivity index (χ1v) is 8.35. The molecular weight excluding hydrogens is 244 g/mol. The van der Waals surface area contributed by atoms with Crippen molar-refractivity contribution in [1.82, 2.24) is 10.3 Å². The zero-order valence-electron chi connectivity index (χ0n) is 13.8. The Bertz CT molecular complexity index is 374. The van der Waals surface area contributed by atoms with Gasteiger partial charge in [0.2, 0.25) is 0 Å². The Kier molecular flexibility index (Phi) is 8.52. The van der Waals surface area contributed by atoms with E-state index in [1.807, 2.05) is 6.20 Å². The number of nitrogens with one attached hydrogen (secondary N) is 1. The van der Waals surface area contributed by atoms with E-state index >= 15 is 0 Å². The third-order valence-corrected chi connectivity index (χ3v) is 3.82. The minimum atomic E-state index is 0.428. The first-order chi connectivity index (χ1) is 9.69. The fourth-order valence-electron chi connectivity index (χ4n) is 2.70. The number of pyridine rings is 1. The normalized spacial score (nSPS) is 12.6. The molecule has 20 heavy (non-hydrogen) atoms. The molecule has 2 nitrogen and oxygen atoms in total. The lowest BCUT2D eigenvalue weighted by Crippen LogP contribution is -2.24. The molecule has 0 saturated heterocycles. The molecule has 1 unspecified atom stereocenters. The molecule has 0 aliphatic carbocycles. The van der Waals surface area contributed by atoms with Gasteiger partial charge in [-0.15, -0.1) is 0 Å². The summed E-state index contributed by atoms with van der Waals surface area (Å²) in [6, 6.07) is 2.68. The van der Waals surface area contributed by atoms with Crippen LogP contribution >= 0.6 is 0 Å². The standard InChI is InChI=1S/C18H32N2/c1-5-7-8-9-10-11-17(19-12-6-2)18-16(4)13-15(3)14-20-18/h13-14,17,19H,5-12H2,1-4H3. The Morgan fingerprint density at radius 2 is 1.80 bits per heavy atom. The Morgan fingerprint density at radius 3 is 2.45 bits per heavy atom. The van der Waals surface area contributed by atoms with Gasteiger partial charge in [0.1, 0.15) is 0 Å². The van der Waals surface area contributed by atoms with Crippen LogP contribution in [0.15, 0.2) is 12.3 Å². The lowest BCUT2D eigenvalue weighted by molar-refractivity contribution is 0.458. The third-order valence-electron chi connectivity index (χ3n) is 3.82. The molecule has 0 amide bonds. The highest BCUT2D eigenvalue weighted by Gasteiger charge is 2.14. The Balaban J connectivity index is 2.58. The molecular formula is C18H32N2. The van der Waals surface area contributed by atoms with Crippen LogP contribution in [0.25, 0.3) is 0 Å². The molecule has 1 atom stereocenters. The molecule has 0 radical (unpaired) electrons. The number of aryl methyl sites for hydroxylation is 2. The Labute approximate surface area is 125 Å². The molecule has 0 spiro atoms. The predicted molar refractivity (Wildman–Crippen MR) is 88.1 cm³/mol. The van der Waals surface area contributed by atoms with Gasteiger partial charge in [-0.1, -0.05) is 52.0 Å². The van der Waals surface area contributed by atoms with E-state index in [0.29, 0.717) is 6.04 Å². The number of hydrogen-bond donors (Lipinski definition) is 1. The molecule has 1 rings (SSSR count). The van der Waals surface area contributed by atoms with Crippen LogP contribution < -0.4 is 5.32 Å². The number of nitrogens with zero attached hydrogens (tertiary/aromatic N) is 1. The highest BCUT2D eigenvalue weighted by atomic mass is 14.9. The zero-order valence-corrected chi connectivity index (χ0v) is 13.8. The van der Waals surface area contributed by atoms with E-state index in [4.69, 9.17) is 0 Å². The second-order valence-electron chi connectivity index (χ2n) is 5.92. The minimum Gasteiger partial charge on any atom is -0.309 e. The molecule has 114 valence electrons. The zero-order chi connectivity index (χ0) is 14.8. The van der Waals surface area contributed by atoms with Crippen molar-refractivity contribution in [2.45, 2.75) is 78.7 Å². The quantitative estimate of drug-likeness (QED) is 0.601. The van der Waals surface area contributed by atoms with Crippen molar-refractivity contribution in [1.29, 1.82) is 0 Å². The molecule has 1 N–H and O–H groups in total. The molecule has 2 heteroatoms. The summed E-state index contributed by atoms with van der Waals surface area (Å²) >= 11 is 0. The molecule has 0 saturated carbocycles. The topological polar surface area (TPSA) is 24.9 Å². The molecule has 0 aliphatic heterocycles. The molecule has 0 aromatic carbocycles.